The first-order chi connectivity index (χ1) is 14.0. The fourth-order valence-electron chi connectivity index (χ4n) is 4.89. The maximum atomic E-state index is 13.0. The summed E-state index contributed by atoms with van der Waals surface area (Å²) in [4.78, 5) is 21.8. The molecular formula is C23H32N4O2. The number of aromatic nitrogens is 2. The van der Waals surface area contributed by atoms with Gasteiger partial charge in [-0.05, 0) is 37.8 Å². The van der Waals surface area contributed by atoms with Gasteiger partial charge in [0.1, 0.15) is 6.61 Å². The number of carbonyl (C=O) groups is 1. The van der Waals surface area contributed by atoms with Crippen molar-refractivity contribution in [1.82, 2.24) is 19.4 Å². The predicted octanol–water partition coefficient (Wildman–Crippen LogP) is 2.75. The zero-order valence-electron chi connectivity index (χ0n) is 17.7. The van der Waals surface area contributed by atoms with Gasteiger partial charge >= 0.3 is 0 Å². The van der Waals surface area contributed by atoms with Crippen molar-refractivity contribution in [3.63, 3.8) is 0 Å². The molecule has 0 unspecified atom stereocenters. The molecule has 3 atom stereocenters. The first-order valence-corrected chi connectivity index (χ1v) is 10.7. The lowest BCUT2D eigenvalue weighted by Gasteiger charge is -2.31. The van der Waals surface area contributed by atoms with E-state index in [9.17, 15) is 4.79 Å². The van der Waals surface area contributed by atoms with Crippen molar-refractivity contribution in [3.05, 3.63) is 54.1 Å². The Morgan fingerprint density at radius 1 is 1.21 bits per heavy atom. The van der Waals surface area contributed by atoms with E-state index in [4.69, 9.17) is 4.74 Å². The van der Waals surface area contributed by atoms with Gasteiger partial charge in [0.2, 0.25) is 5.91 Å². The number of fused-ring (bicyclic) bond motifs is 1. The Labute approximate surface area is 173 Å². The van der Waals surface area contributed by atoms with Crippen molar-refractivity contribution in [2.45, 2.75) is 39.5 Å². The van der Waals surface area contributed by atoms with E-state index in [1.165, 1.54) is 11.1 Å². The van der Waals surface area contributed by atoms with Crippen LogP contribution in [0.25, 0.3) is 0 Å². The van der Waals surface area contributed by atoms with Gasteiger partial charge in [-0.25, -0.2) is 4.98 Å². The van der Waals surface area contributed by atoms with Gasteiger partial charge in [0, 0.05) is 51.0 Å². The number of hydrogen-bond donors (Lipinski definition) is 0. The van der Waals surface area contributed by atoms with Crippen molar-refractivity contribution in [1.29, 1.82) is 0 Å². The second kappa shape index (κ2) is 8.67. The van der Waals surface area contributed by atoms with Crippen molar-refractivity contribution in [2.75, 3.05) is 32.8 Å². The van der Waals surface area contributed by atoms with Gasteiger partial charge in [-0.3, -0.25) is 4.79 Å². The molecule has 29 heavy (non-hydrogen) atoms. The van der Waals surface area contributed by atoms with Crippen LogP contribution >= 0.6 is 0 Å². The third kappa shape index (κ3) is 4.38. The van der Waals surface area contributed by atoms with Crippen LogP contribution in [0.15, 0.2) is 43.0 Å². The molecular weight excluding hydrogens is 364 g/mol. The van der Waals surface area contributed by atoms with E-state index in [-0.39, 0.29) is 24.7 Å². The molecule has 2 fully saturated rings. The lowest BCUT2D eigenvalue weighted by atomic mass is 9.87. The van der Waals surface area contributed by atoms with E-state index in [0.29, 0.717) is 11.8 Å². The van der Waals surface area contributed by atoms with Gasteiger partial charge in [0.25, 0.3) is 0 Å². The zero-order chi connectivity index (χ0) is 20.4. The summed E-state index contributed by atoms with van der Waals surface area (Å²) < 4.78 is 7.77. The molecule has 3 heterocycles. The number of hydrogen-bond acceptors (Lipinski definition) is 4. The molecule has 2 aliphatic rings. The highest BCUT2D eigenvalue weighted by molar-refractivity contribution is 5.78. The second-order valence-corrected chi connectivity index (χ2v) is 8.69. The van der Waals surface area contributed by atoms with Gasteiger partial charge in [0.15, 0.2) is 0 Å². The van der Waals surface area contributed by atoms with E-state index >= 15 is 0 Å². The topological polar surface area (TPSA) is 50.6 Å². The summed E-state index contributed by atoms with van der Waals surface area (Å²) in [7, 11) is 0. The number of benzene rings is 1. The van der Waals surface area contributed by atoms with Gasteiger partial charge < -0.3 is 19.1 Å². The van der Waals surface area contributed by atoms with Crippen LogP contribution < -0.4 is 0 Å². The Morgan fingerprint density at radius 3 is 2.76 bits per heavy atom. The molecule has 0 radical (unpaired) electrons. The first kappa shape index (κ1) is 20.1. The van der Waals surface area contributed by atoms with Crippen LogP contribution in [0, 0.1) is 18.8 Å². The van der Waals surface area contributed by atoms with E-state index in [0.717, 1.165) is 32.7 Å². The summed E-state index contributed by atoms with van der Waals surface area (Å²) >= 11 is 0. The van der Waals surface area contributed by atoms with Gasteiger partial charge in [0.05, 0.1) is 18.5 Å². The number of imidazole rings is 1. The highest BCUT2D eigenvalue weighted by Gasteiger charge is 2.49. The number of carbonyl (C=O) groups excluding carboxylic acids is 1. The monoisotopic (exact) mass is 396 g/mol. The molecule has 6 heteroatoms. The summed E-state index contributed by atoms with van der Waals surface area (Å²) in [6.07, 6.45) is 5.79. The number of aryl methyl sites for hydroxylation is 1. The molecule has 6 nitrogen and oxygen atoms in total. The fraction of sp³-hybridized carbons (Fsp3) is 0.565. The molecule has 2 aliphatic heterocycles. The van der Waals surface area contributed by atoms with Crippen molar-refractivity contribution < 1.29 is 9.53 Å². The summed E-state index contributed by atoms with van der Waals surface area (Å²) in [5.41, 5.74) is 2.55. The minimum Gasteiger partial charge on any atom is -0.369 e. The molecule has 156 valence electrons. The van der Waals surface area contributed by atoms with Crippen LogP contribution in [0.4, 0.5) is 0 Å². The van der Waals surface area contributed by atoms with Crippen molar-refractivity contribution in [3.8, 4) is 0 Å². The molecule has 0 aliphatic carbocycles. The number of rotatable bonds is 7. The number of amides is 1. The molecule has 0 saturated carbocycles. The summed E-state index contributed by atoms with van der Waals surface area (Å²) in [6, 6.07) is 8.66. The molecule has 1 aromatic carbocycles. The van der Waals surface area contributed by atoms with E-state index in [1.807, 2.05) is 32.6 Å². The maximum absolute atomic E-state index is 13.0. The van der Waals surface area contributed by atoms with Gasteiger partial charge in [-0.1, -0.05) is 24.3 Å². The average molecular weight is 397 g/mol. The van der Waals surface area contributed by atoms with E-state index in [2.05, 4.69) is 50.5 Å². The number of likely N-dealkylation sites (tertiary alicyclic amines) is 2. The Balaban J connectivity index is 1.50. The van der Waals surface area contributed by atoms with Gasteiger partial charge in [-0.2, -0.15) is 0 Å². The van der Waals surface area contributed by atoms with Crippen LogP contribution in [0.5, 0.6) is 0 Å². The van der Waals surface area contributed by atoms with Crippen LogP contribution in [0.2, 0.25) is 0 Å². The Bertz CT molecular complexity index is 820. The molecule has 2 saturated heterocycles. The molecule has 2 aromatic rings. The van der Waals surface area contributed by atoms with Crippen LogP contribution in [0.1, 0.15) is 31.0 Å². The van der Waals surface area contributed by atoms with E-state index in [1.54, 1.807) is 0 Å². The van der Waals surface area contributed by atoms with Crippen LogP contribution in [-0.2, 0) is 16.1 Å². The maximum Gasteiger partial charge on any atom is 0.249 e. The minimum absolute atomic E-state index is 0.0663. The summed E-state index contributed by atoms with van der Waals surface area (Å²) in [5, 5.41) is 0. The normalized spacial score (nSPS) is 24.4. The lowest BCUT2D eigenvalue weighted by molar-refractivity contribution is -0.139. The molecule has 1 amide bonds. The Kier molecular flexibility index (Phi) is 6.01. The van der Waals surface area contributed by atoms with Crippen LogP contribution in [-0.4, -0.2) is 64.1 Å². The molecule has 4 rings (SSSR count). The number of nitrogens with zero attached hydrogens (tertiary/aromatic N) is 4. The average Bonchev–Trinajstić information content (AvgIpc) is 3.41. The zero-order valence-corrected chi connectivity index (χ0v) is 17.7. The summed E-state index contributed by atoms with van der Waals surface area (Å²) in [6.45, 7) is 11.2. The van der Waals surface area contributed by atoms with Gasteiger partial charge in [-0.15, -0.1) is 0 Å². The quantitative estimate of drug-likeness (QED) is 0.722. The third-order valence-corrected chi connectivity index (χ3v) is 6.34. The second-order valence-electron chi connectivity index (χ2n) is 8.69. The Hall–Kier alpha value is -2.18. The third-order valence-electron chi connectivity index (χ3n) is 6.34. The fourth-order valence-corrected chi connectivity index (χ4v) is 4.89. The van der Waals surface area contributed by atoms with E-state index < -0.39 is 0 Å². The minimum atomic E-state index is 0.0663. The molecule has 0 spiro atoms. The highest BCUT2D eigenvalue weighted by Crippen LogP contribution is 2.45. The lowest BCUT2D eigenvalue weighted by Crippen LogP contribution is -2.38. The summed E-state index contributed by atoms with van der Waals surface area (Å²) in [5.74, 6) is 1.11. The smallest absolute Gasteiger partial charge is 0.249 e. The Morgan fingerprint density at radius 2 is 2.03 bits per heavy atom. The van der Waals surface area contributed by atoms with Crippen molar-refractivity contribution in [2.24, 2.45) is 11.8 Å². The molecule has 1 aromatic heterocycles. The SMILES string of the molecule is Cc1ccccc1[C@@H]1[C@H]2CN(CCn3ccnc3)C[C@H]2CN1C(=O)COC(C)C. The molecule has 0 N–H and O–H groups in total. The first-order valence-electron chi connectivity index (χ1n) is 10.7. The van der Waals surface area contributed by atoms with Crippen LogP contribution in [0.3, 0.4) is 0 Å². The largest absolute Gasteiger partial charge is 0.369 e. The standard InChI is InChI=1S/C23H32N4O2/c1-17(2)29-15-22(28)27-13-19-12-26(11-10-25-9-8-24-16-25)14-21(19)23(27)20-7-5-4-6-18(20)3/h4-9,16-17,19,21,23H,10-15H2,1-3H3/t19-,21-,23+/m0/s1. The predicted molar refractivity (Wildman–Crippen MR) is 112 cm³/mol. The molecule has 0 bridgehead atoms. The number of ether oxygens (including phenoxy) is 1. The van der Waals surface area contributed by atoms with Crippen molar-refractivity contribution >= 4 is 5.91 Å². The highest BCUT2D eigenvalue weighted by atomic mass is 16.5.